The molecule has 4 nitrogen and oxygen atoms in total. The molecule has 1 atom stereocenters. The monoisotopic (exact) mass is 242 g/mol. The topological polar surface area (TPSA) is 52.6 Å². The fourth-order valence-electron chi connectivity index (χ4n) is 1.98. The smallest absolute Gasteiger partial charge is 0.347 e. The van der Waals surface area contributed by atoms with Crippen molar-refractivity contribution in [1.82, 2.24) is 0 Å². The van der Waals surface area contributed by atoms with Gasteiger partial charge < -0.3 is 9.47 Å². The van der Waals surface area contributed by atoms with Crippen LogP contribution in [0.1, 0.15) is 52.9 Å². The Kier molecular flexibility index (Phi) is 5.45. The zero-order chi connectivity index (χ0) is 12.8. The molecule has 1 rings (SSSR count). The average molecular weight is 242 g/mol. The summed E-state index contributed by atoms with van der Waals surface area (Å²) < 4.78 is 10.1. The third-order valence-corrected chi connectivity index (χ3v) is 2.92. The van der Waals surface area contributed by atoms with Crippen LogP contribution in [0.2, 0.25) is 0 Å². The van der Waals surface area contributed by atoms with Crippen LogP contribution in [0, 0.1) is 5.92 Å². The number of carbonyl (C=O) groups is 2. The third-order valence-electron chi connectivity index (χ3n) is 2.92. The Morgan fingerprint density at radius 3 is 2.12 bits per heavy atom. The molecule has 0 heterocycles. The summed E-state index contributed by atoms with van der Waals surface area (Å²) in [6.45, 7) is 5.10. The van der Waals surface area contributed by atoms with Crippen molar-refractivity contribution in [2.75, 3.05) is 0 Å². The molecular weight excluding hydrogens is 220 g/mol. The molecule has 1 aliphatic carbocycles. The molecule has 0 spiro atoms. The van der Waals surface area contributed by atoms with Crippen LogP contribution in [0.25, 0.3) is 0 Å². The first kappa shape index (κ1) is 14.0. The molecule has 0 radical (unpaired) electrons. The second-order valence-electron chi connectivity index (χ2n) is 4.90. The maximum atomic E-state index is 11.8. The van der Waals surface area contributed by atoms with Crippen LogP contribution in [0.15, 0.2) is 0 Å². The first-order valence-electron chi connectivity index (χ1n) is 6.41. The van der Waals surface area contributed by atoms with Crippen LogP contribution < -0.4 is 0 Å². The van der Waals surface area contributed by atoms with Gasteiger partial charge in [-0.3, -0.25) is 4.79 Å². The highest BCUT2D eigenvalue weighted by molar-refractivity contribution is 5.80. The molecule has 0 aliphatic heterocycles. The van der Waals surface area contributed by atoms with Gasteiger partial charge in [-0.25, -0.2) is 4.79 Å². The van der Waals surface area contributed by atoms with Crippen LogP contribution in [0.5, 0.6) is 0 Å². The molecular formula is C13H22O4. The summed E-state index contributed by atoms with van der Waals surface area (Å²) in [6.07, 6.45) is 4.12. The van der Waals surface area contributed by atoms with Crippen molar-refractivity contribution in [2.24, 2.45) is 5.92 Å². The van der Waals surface area contributed by atoms with Crippen LogP contribution in [0.3, 0.4) is 0 Å². The molecule has 0 bridgehead atoms. The van der Waals surface area contributed by atoms with E-state index in [9.17, 15) is 9.59 Å². The van der Waals surface area contributed by atoms with Crippen molar-refractivity contribution in [1.29, 1.82) is 0 Å². The minimum absolute atomic E-state index is 0.0296. The second kappa shape index (κ2) is 6.62. The third kappa shape index (κ3) is 4.75. The van der Waals surface area contributed by atoms with E-state index in [2.05, 4.69) is 0 Å². The van der Waals surface area contributed by atoms with Crippen LogP contribution in [0.4, 0.5) is 0 Å². The van der Waals surface area contributed by atoms with Crippen LogP contribution in [-0.2, 0) is 19.1 Å². The molecule has 1 fully saturated rings. The number of carbonyl (C=O) groups excluding carboxylic acids is 2. The molecule has 0 aromatic carbocycles. The van der Waals surface area contributed by atoms with Crippen molar-refractivity contribution in [2.45, 2.75) is 65.1 Å². The van der Waals surface area contributed by atoms with Crippen molar-refractivity contribution in [3.05, 3.63) is 0 Å². The lowest BCUT2D eigenvalue weighted by atomic mass is 9.89. The van der Waals surface area contributed by atoms with E-state index < -0.39 is 12.1 Å². The first-order chi connectivity index (χ1) is 8.00. The van der Waals surface area contributed by atoms with E-state index in [1.54, 1.807) is 20.8 Å². The number of rotatable bonds is 4. The zero-order valence-corrected chi connectivity index (χ0v) is 10.9. The maximum Gasteiger partial charge on any atom is 0.347 e. The number of hydrogen-bond donors (Lipinski definition) is 0. The van der Waals surface area contributed by atoms with Crippen molar-refractivity contribution in [3.63, 3.8) is 0 Å². The predicted octanol–water partition coefficient (Wildman–Crippen LogP) is 2.45. The summed E-state index contributed by atoms with van der Waals surface area (Å²) in [6, 6.07) is 0. The lowest BCUT2D eigenvalue weighted by molar-refractivity contribution is -0.172. The molecule has 0 N–H and O–H groups in total. The van der Waals surface area contributed by atoms with Gasteiger partial charge in [0.15, 0.2) is 6.10 Å². The Balaban J connectivity index is 2.36. The lowest BCUT2D eigenvalue weighted by Gasteiger charge is -2.22. The summed E-state index contributed by atoms with van der Waals surface area (Å²) in [4.78, 5) is 23.2. The van der Waals surface area contributed by atoms with Gasteiger partial charge in [0.25, 0.3) is 0 Å². The summed E-state index contributed by atoms with van der Waals surface area (Å²) in [5, 5.41) is 0. The standard InChI is InChI=1S/C13H22O4/c1-9(2)16-12(14)10(3)17-13(15)11-7-5-4-6-8-11/h9-11H,4-8H2,1-3H3/t10-/m1/s1. The van der Waals surface area contributed by atoms with Crippen LogP contribution >= 0.6 is 0 Å². The van der Waals surface area contributed by atoms with Gasteiger partial charge in [-0.15, -0.1) is 0 Å². The van der Waals surface area contributed by atoms with Gasteiger partial charge in [-0.1, -0.05) is 19.3 Å². The highest BCUT2D eigenvalue weighted by Crippen LogP contribution is 2.25. The molecule has 1 aliphatic rings. The van der Waals surface area contributed by atoms with Crippen LogP contribution in [-0.4, -0.2) is 24.1 Å². The van der Waals surface area contributed by atoms with Gasteiger partial charge in [0.1, 0.15) is 0 Å². The highest BCUT2D eigenvalue weighted by atomic mass is 16.6. The quantitative estimate of drug-likeness (QED) is 0.710. The summed E-state index contributed by atoms with van der Waals surface area (Å²) >= 11 is 0. The van der Waals surface area contributed by atoms with Gasteiger partial charge in [0.05, 0.1) is 12.0 Å². The van der Waals surface area contributed by atoms with E-state index in [-0.39, 0.29) is 18.0 Å². The Labute approximate surface area is 103 Å². The molecule has 4 heteroatoms. The van der Waals surface area contributed by atoms with Gasteiger partial charge >= 0.3 is 11.9 Å². The zero-order valence-electron chi connectivity index (χ0n) is 10.9. The molecule has 1 saturated carbocycles. The number of ether oxygens (including phenoxy) is 2. The molecule has 98 valence electrons. The first-order valence-corrected chi connectivity index (χ1v) is 6.41. The predicted molar refractivity (Wildman–Crippen MR) is 63.4 cm³/mol. The molecule has 0 amide bonds. The normalized spacial score (nSPS) is 18.8. The minimum Gasteiger partial charge on any atom is -0.460 e. The van der Waals surface area contributed by atoms with E-state index in [0.717, 1.165) is 25.7 Å². The van der Waals surface area contributed by atoms with Crippen molar-refractivity contribution >= 4 is 11.9 Å². The largest absolute Gasteiger partial charge is 0.460 e. The van der Waals surface area contributed by atoms with E-state index in [0.29, 0.717) is 0 Å². The molecule has 0 unspecified atom stereocenters. The summed E-state index contributed by atoms with van der Waals surface area (Å²) in [7, 11) is 0. The fourth-order valence-corrected chi connectivity index (χ4v) is 1.98. The van der Waals surface area contributed by atoms with E-state index in [1.165, 1.54) is 6.42 Å². The number of hydrogen-bond acceptors (Lipinski definition) is 4. The Hall–Kier alpha value is -1.06. The maximum absolute atomic E-state index is 11.8. The summed E-state index contributed by atoms with van der Waals surface area (Å²) in [5.41, 5.74) is 0. The highest BCUT2D eigenvalue weighted by Gasteiger charge is 2.27. The van der Waals surface area contributed by atoms with Crippen molar-refractivity contribution < 1.29 is 19.1 Å². The molecule has 0 saturated heterocycles. The summed E-state index contributed by atoms with van der Waals surface area (Å²) in [5.74, 6) is -0.750. The molecule has 0 aromatic rings. The van der Waals surface area contributed by atoms with E-state index in [4.69, 9.17) is 9.47 Å². The fraction of sp³-hybridized carbons (Fsp3) is 0.846. The molecule has 0 aromatic heterocycles. The Morgan fingerprint density at radius 2 is 1.59 bits per heavy atom. The second-order valence-corrected chi connectivity index (χ2v) is 4.90. The molecule has 17 heavy (non-hydrogen) atoms. The minimum atomic E-state index is -0.799. The SMILES string of the molecule is CC(C)OC(=O)[C@@H](C)OC(=O)C1CCCCC1. The van der Waals surface area contributed by atoms with Gasteiger partial charge in [-0.05, 0) is 33.6 Å². The van der Waals surface area contributed by atoms with E-state index in [1.807, 2.05) is 0 Å². The van der Waals surface area contributed by atoms with E-state index >= 15 is 0 Å². The Bertz CT molecular complexity index is 267. The lowest BCUT2D eigenvalue weighted by Crippen LogP contribution is -2.31. The van der Waals surface area contributed by atoms with Gasteiger partial charge in [0, 0.05) is 0 Å². The number of esters is 2. The van der Waals surface area contributed by atoms with Gasteiger partial charge in [0.2, 0.25) is 0 Å². The Morgan fingerprint density at radius 1 is 1.00 bits per heavy atom. The van der Waals surface area contributed by atoms with Gasteiger partial charge in [-0.2, -0.15) is 0 Å². The van der Waals surface area contributed by atoms with Crippen molar-refractivity contribution in [3.8, 4) is 0 Å². The average Bonchev–Trinajstić information content (AvgIpc) is 2.29.